The van der Waals surface area contributed by atoms with Crippen molar-refractivity contribution in [3.63, 3.8) is 0 Å². The van der Waals surface area contributed by atoms with Gasteiger partial charge in [0.15, 0.2) is 17.4 Å². The van der Waals surface area contributed by atoms with E-state index in [1.165, 1.54) is 0 Å². The molecule has 0 aromatic heterocycles. The summed E-state index contributed by atoms with van der Waals surface area (Å²) in [7, 11) is 0. The first kappa shape index (κ1) is 32.6. The third-order valence-corrected chi connectivity index (χ3v) is 0. The van der Waals surface area contributed by atoms with Crippen LogP contribution >= 0.6 is 0 Å². The second-order valence-corrected chi connectivity index (χ2v) is 0. The molecule has 1 radical (unpaired) electrons. The van der Waals surface area contributed by atoms with Gasteiger partial charge in [0.2, 0.25) is 0 Å². The molecular formula is H5AlCrK2V. The Kier molecular flexibility index (Phi) is 151. The van der Waals surface area contributed by atoms with Crippen molar-refractivity contribution in [2.24, 2.45) is 0 Å². The fourth-order valence-electron chi connectivity index (χ4n) is 0. The van der Waals surface area contributed by atoms with Crippen molar-refractivity contribution in [2.45, 2.75) is 0 Å². The molecule has 0 saturated carbocycles. The zero-order valence-corrected chi connectivity index (χ0v) is 3.53. The molecule has 0 aliphatic carbocycles. The summed E-state index contributed by atoms with van der Waals surface area (Å²) in [6, 6.07) is 0. The summed E-state index contributed by atoms with van der Waals surface area (Å²) in [5.74, 6) is 0. The molecule has 0 heterocycles. The van der Waals surface area contributed by atoms with Crippen LogP contribution in [0.4, 0.5) is 0 Å². The van der Waals surface area contributed by atoms with Crippen LogP contribution in [0.1, 0.15) is 0 Å². The molecule has 0 aromatic carbocycles. The average molecular weight is 213 g/mol. The molecule has 0 aromatic rings. The fraction of sp³-hybridized carbons (Fsp3) is 0. The molecule has 0 atom stereocenters. The molecule has 0 amide bonds. The van der Waals surface area contributed by atoms with Gasteiger partial charge in [-0.15, -0.1) is 0 Å². The second-order valence-electron chi connectivity index (χ2n) is 0. The van der Waals surface area contributed by atoms with Crippen LogP contribution in [-0.2, 0) is 35.9 Å². The Morgan fingerprint density at radius 3 is 0.800 bits per heavy atom. The summed E-state index contributed by atoms with van der Waals surface area (Å²) in [5.41, 5.74) is 0. The van der Waals surface area contributed by atoms with Gasteiger partial charge in [-0.25, -0.2) is 0 Å². The molecule has 0 aliphatic heterocycles. The van der Waals surface area contributed by atoms with Crippen LogP contribution in [0.3, 0.4) is 0 Å². The number of hydrogen-bond donors (Lipinski definition) is 0. The average Bonchev–Trinajstić information content (AvgIpc) is 0. The van der Waals surface area contributed by atoms with Gasteiger partial charge < -0.3 is 0 Å². The van der Waals surface area contributed by atoms with E-state index in [-0.39, 0.29) is 156 Å². The maximum Gasteiger partial charge on any atom is 0 e. The molecule has 0 rings (SSSR count). The molecule has 0 fully saturated rings. The predicted octanol–water partition coefficient (Wildman–Crippen LogP) is -2.49. The van der Waals surface area contributed by atoms with Gasteiger partial charge in [-0.3, -0.25) is 0 Å². The summed E-state index contributed by atoms with van der Waals surface area (Å²) in [5, 5.41) is 0. The van der Waals surface area contributed by atoms with E-state index in [0.717, 1.165) is 0 Å². The van der Waals surface area contributed by atoms with Crippen LogP contribution in [0.2, 0.25) is 0 Å². The van der Waals surface area contributed by atoms with Crippen molar-refractivity contribution in [3.05, 3.63) is 0 Å². The standard InChI is InChI=1S/Al.Cr.2K.V.5H. The quantitative estimate of drug-likeness (QED) is 0.391. The van der Waals surface area contributed by atoms with Crippen molar-refractivity contribution in [2.75, 3.05) is 0 Å². The first-order valence-corrected chi connectivity index (χ1v) is 0. The van der Waals surface area contributed by atoms with E-state index in [1.54, 1.807) is 0 Å². The van der Waals surface area contributed by atoms with E-state index in [4.69, 9.17) is 0 Å². The van der Waals surface area contributed by atoms with E-state index in [1.807, 2.05) is 0 Å². The summed E-state index contributed by atoms with van der Waals surface area (Å²) >= 11 is 0. The van der Waals surface area contributed by atoms with E-state index in [2.05, 4.69) is 0 Å². The first-order chi connectivity index (χ1) is 0. The Labute approximate surface area is 151 Å². The monoisotopic (exact) mass is 213 g/mol. The Hall–Kier alpha value is 4.92. The van der Waals surface area contributed by atoms with Crippen LogP contribution in [0.25, 0.3) is 0 Å². The van der Waals surface area contributed by atoms with Gasteiger partial charge >= 0.3 is 103 Å². The molecule has 0 aliphatic rings. The van der Waals surface area contributed by atoms with Gasteiger partial charge in [-0.05, 0) is 0 Å². The Morgan fingerprint density at radius 1 is 0.800 bits per heavy atom. The first-order valence-electron chi connectivity index (χ1n) is 0. The van der Waals surface area contributed by atoms with Crippen LogP contribution in [-0.4, -0.2) is 120 Å². The van der Waals surface area contributed by atoms with Crippen molar-refractivity contribution in [1.29, 1.82) is 0 Å². The minimum Gasteiger partial charge on any atom is 0 e. The van der Waals surface area contributed by atoms with E-state index >= 15 is 0 Å². The van der Waals surface area contributed by atoms with E-state index in [0.29, 0.717) is 0 Å². The van der Waals surface area contributed by atoms with Gasteiger partial charge in [0.05, 0.1) is 0 Å². The van der Waals surface area contributed by atoms with E-state index in [9.17, 15) is 0 Å². The summed E-state index contributed by atoms with van der Waals surface area (Å²) in [6.45, 7) is 0. The van der Waals surface area contributed by atoms with Crippen LogP contribution < -0.4 is 0 Å². The maximum absolute atomic E-state index is 0. The minimum absolute atomic E-state index is 0. The second kappa shape index (κ2) is 23.1. The molecule has 0 unspecified atom stereocenters. The molecule has 0 spiro atoms. The Morgan fingerprint density at radius 2 is 0.800 bits per heavy atom. The zero-order chi connectivity index (χ0) is 0. The normalized spacial score (nSPS) is 0. The fourth-order valence-corrected chi connectivity index (χ4v) is 0. The molecule has 0 saturated heterocycles. The van der Waals surface area contributed by atoms with Gasteiger partial charge in [0, 0.05) is 35.9 Å². The third kappa shape index (κ3) is 17.6. The third-order valence-electron chi connectivity index (χ3n) is 0. The molecular weight excluding hydrogens is 208 g/mol. The summed E-state index contributed by atoms with van der Waals surface area (Å²) in [4.78, 5) is 0. The smallest absolute Gasteiger partial charge is 0 e. The topological polar surface area (TPSA) is 0 Å². The van der Waals surface area contributed by atoms with Gasteiger partial charge in [-0.1, -0.05) is 0 Å². The molecule has 0 nitrogen and oxygen atoms in total. The molecule has 5 heavy (non-hydrogen) atoms. The number of rotatable bonds is 0. The van der Waals surface area contributed by atoms with E-state index < -0.39 is 0 Å². The van der Waals surface area contributed by atoms with Crippen LogP contribution in [0.15, 0.2) is 0 Å². The Balaban J connectivity index is 0. The SMILES string of the molecule is [AlH3].[Cr].[KH].[KH].[V]. The van der Waals surface area contributed by atoms with Gasteiger partial charge in [-0.2, -0.15) is 0 Å². The van der Waals surface area contributed by atoms with Crippen molar-refractivity contribution in [1.82, 2.24) is 0 Å². The van der Waals surface area contributed by atoms with Crippen molar-refractivity contribution < 1.29 is 35.9 Å². The maximum atomic E-state index is 0. The van der Waals surface area contributed by atoms with Gasteiger partial charge in [0.25, 0.3) is 0 Å². The zero-order valence-electron chi connectivity index (χ0n) is 0.855. The largest absolute Gasteiger partial charge is 0 e. The van der Waals surface area contributed by atoms with Crippen molar-refractivity contribution in [3.8, 4) is 0 Å². The van der Waals surface area contributed by atoms with Crippen LogP contribution in [0, 0.1) is 0 Å². The minimum atomic E-state index is 0. The summed E-state index contributed by atoms with van der Waals surface area (Å²) in [6.07, 6.45) is 0. The molecule has 21 valence electrons. The number of hydrogen-bond acceptors (Lipinski definition) is 0. The Bertz CT molecular complexity index is 9.61. The van der Waals surface area contributed by atoms with Gasteiger partial charge in [0.1, 0.15) is 0 Å². The van der Waals surface area contributed by atoms with Crippen molar-refractivity contribution >= 4 is 120 Å². The predicted molar refractivity (Wildman–Crippen MR) is 24.2 cm³/mol. The summed E-state index contributed by atoms with van der Waals surface area (Å²) < 4.78 is 0. The molecule has 5 heteroatoms. The molecule has 0 bridgehead atoms. The molecule has 0 N–H and O–H groups in total. The van der Waals surface area contributed by atoms with Crippen LogP contribution in [0.5, 0.6) is 0 Å².